The Morgan fingerprint density at radius 3 is 2.91 bits per heavy atom. The second-order valence-corrected chi connectivity index (χ2v) is 6.46. The number of phenolic OH excluding ortho intramolecular Hbond substituents is 1. The van der Waals surface area contributed by atoms with Gasteiger partial charge >= 0.3 is 0 Å². The van der Waals surface area contributed by atoms with E-state index in [1.807, 2.05) is 18.7 Å². The van der Waals surface area contributed by atoms with Gasteiger partial charge in [-0.2, -0.15) is 5.10 Å². The molecule has 1 aromatic heterocycles. The zero-order chi connectivity index (χ0) is 16.6. The van der Waals surface area contributed by atoms with E-state index in [2.05, 4.69) is 17.3 Å². The predicted octanol–water partition coefficient (Wildman–Crippen LogP) is 3.02. The van der Waals surface area contributed by atoms with Crippen molar-refractivity contribution in [1.29, 1.82) is 0 Å². The van der Waals surface area contributed by atoms with Gasteiger partial charge in [-0.05, 0) is 44.0 Å². The van der Waals surface area contributed by atoms with Crippen molar-refractivity contribution >= 4 is 11.6 Å². The Morgan fingerprint density at radius 1 is 1.43 bits per heavy atom. The Balaban J connectivity index is 1.76. The minimum absolute atomic E-state index is 0.000199. The third-order valence-electron chi connectivity index (χ3n) is 4.53. The molecular formula is C17H22ClN3O2. The molecule has 0 unspecified atom stereocenters. The van der Waals surface area contributed by atoms with Crippen LogP contribution in [0.25, 0.3) is 0 Å². The maximum atomic E-state index is 9.61. The first-order chi connectivity index (χ1) is 11.0. The number of aromatic hydroxyl groups is 1. The van der Waals surface area contributed by atoms with Crippen LogP contribution in [0.4, 0.5) is 0 Å². The maximum absolute atomic E-state index is 9.61. The van der Waals surface area contributed by atoms with Gasteiger partial charge < -0.3 is 15.2 Å². The highest BCUT2D eigenvalue weighted by molar-refractivity contribution is 6.31. The van der Waals surface area contributed by atoms with Gasteiger partial charge in [0.15, 0.2) is 0 Å². The number of nitrogens with one attached hydrogen (secondary N) is 1. The van der Waals surface area contributed by atoms with Crippen LogP contribution in [0.15, 0.2) is 18.2 Å². The van der Waals surface area contributed by atoms with Gasteiger partial charge in [-0.25, -0.2) is 0 Å². The number of halogens is 1. The van der Waals surface area contributed by atoms with Crippen LogP contribution in [0.5, 0.6) is 5.75 Å². The van der Waals surface area contributed by atoms with Crippen molar-refractivity contribution in [2.75, 3.05) is 6.61 Å². The Morgan fingerprint density at radius 2 is 2.22 bits per heavy atom. The van der Waals surface area contributed by atoms with E-state index in [4.69, 9.17) is 16.3 Å². The van der Waals surface area contributed by atoms with Gasteiger partial charge in [0.05, 0.1) is 5.69 Å². The Hall–Kier alpha value is -1.56. The number of benzene rings is 1. The van der Waals surface area contributed by atoms with Crippen LogP contribution in [0.2, 0.25) is 5.02 Å². The molecule has 1 fully saturated rings. The van der Waals surface area contributed by atoms with Gasteiger partial charge in [-0.3, -0.25) is 4.68 Å². The van der Waals surface area contributed by atoms with Crippen LogP contribution in [0, 0.1) is 13.8 Å². The summed E-state index contributed by atoms with van der Waals surface area (Å²) in [5.74, 6) is 0.226. The first kappa shape index (κ1) is 16.3. The van der Waals surface area contributed by atoms with E-state index in [1.165, 1.54) is 5.56 Å². The van der Waals surface area contributed by atoms with E-state index in [9.17, 15) is 5.11 Å². The van der Waals surface area contributed by atoms with Crippen molar-refractivity contribution < 1.29 is 9.84 Å². The van der Waals surface area contributed by atoms with Crippen molar-refractivity contribution in [2.24, 2.45) is 7.05 Å². The minimum Gasteiger partial charge on any atom is -0.508 e. The molecule has 0 radical (unpaired) electrons. The lowest BCUT2D eigenvalue weighted by Gasteiger charge is -2.21. The quantitative estimate of drug-likeness (QED) is 0.901. The number of hydrogen-bond acceptors (Lipinski definition) is 4. The van der Waals surface area contributed by atoms with Crippen molar-refractivity contribution in [3.8, 4) is 5.75 Å². The molecule has 6 heteroatoms. The third kappa shape index (κ3) is 3.22. The molecule has 0 amide bonds. The molecule has 0 aliphatic carbocycles. The molecule has 0 spiro atoms. The molecule has 0 saturated carbocycles. The standard InChI is InChI=1S/C17H22ClN3O2/c1-10-16(11(2)21(3)20-10)17-15(6-7-23-17)19-9-12-8-13(22)4-5-14(12)18/h4-5,8,15,17,19,22H,6-7,9H2,1-3H3/t15-,17-/m1/s1. The van der Waals surface area contributed by atoms with E-state index in [-0.39, 0.29) is 17.9 Å². The van der Waals surface area contributed by atoms with Crippen molar-refractivity contribution in [3.05, 3.63) is 45.7 Å². The summed E-state index contributed by atoms with van der Waals surface area (Å²) in [6.07, 6.45) is 0.939. The van der Waals surface area contributed by atoms with E-state index in [0.717, 1.165) is 30.0 Å². The molecule has 1 saturated heterocycles. The minimum atomic E-state index is -0.000199. The van der Waals surface area contributed by atoms with Crippen LogP contribution in [0.1, 0.15) is 35.0 Å². The van der Waals surface area contributed by atoms with Gasteiger partial charge in [0.1, 0.15) is 11.9 Å². The Kier molecular flexibility index (Phi) is 4.62. The smallest absolute Gasteiger partial charge is 0.116 e. The van der Waals surface area contributed by atoms with E-state index < -0.39 is 0 Å². The highest BCUT2D eigenvalue weighted by atomic mass is 35.5. The summed E-state index contributed by atoms with van der Waals surface area (Å²) >= 11 is 6.19. The van der Waals surface area contributed by atoms with E-state index in [1.54, 1.807) is 18.2 Å². The fourth-order valence-electron chi connectivity index (χ4n) is 3.22. The van der Waals surface area contributed by atoms with Crippen LogP contribution in [0.3, 0.4) is 0 Å². The van der Waals surface area contributed by atoms with E-state index in [0.29, 0.717) is 11.6 Å². The fraction of sp³-hybridized carbons (Fsp3) is 0.471. The monoisotopic (exact) mass is 335 g/mol. The lowest BCUT2D eigenvalue weighted by Crippen LogP contribution is -2.31. The highest BCUT2D eigenvalue weighted by Gasteiger charge is 2.33. The molecule has 3 rings (SSSR count). The zero-order valence-electron chi connectivity index (χ0n) is 13.6. The van der Waals surface area contributed by atoms with Crippen molar-refractivity contribution in [3.63, 3.8) is 0 Å². The van der Waals surface area contributed by atoms with Crippen LogP contribution in [-0.2, 0) is 18.3 Å². The third-order valence-corrected chi connectivity index (χ3v) is 4.89. The molecule has 2 atom stereocenters. The number of aromatic nitrogens is 2. The first-order valence-corrected chi connectivity index (χ1v) is 8.17. The molecule has 1 aromatic carbocycles. The predicted molar refractivity (Wildman–Crippen MR) is 89.7 cm³/mol. The molecule has 5 nitrogen and oxygen atoms in total. The fourth-order valence-corrected chi connectivity index (χ4v) is 3.41. The molecule has 2 N–H and O–H groups in total. The molecular weight excluding hydrogens is 314 g/mol. The summed E-state index contributed by atoms with van der Waals surface area (Å²) in [6.45, 7) is 5.41. The summed E-state index contributed by atoms with van der Waals surface area (Å²) in [6, 6.07) is 5.21. The van der Waals surface area contributed by atoms with Crippen LogP contribution in [-0.4, -0.2) is 27.5 Å². The average molecular weight is 336 g/mol. The lowest BCUT2D eigenvalue weighted by molar-refractivity contribution is 0.0974. The number of phenols is 1. The lowest BCUT2D eigenvalue weighted by atomic mass is 10.00. The summed E-state index contributed by atoms with van der Waals surface area (Å²) < 4.78 is 7.87. The van der Waals surface area contributed by atoms with Gasteiger partial charge in [0.25, 0.3) is 0 Å². The van der Waals surface area contributed by atoms with Gasteiger partial charge in [0.2, 0.25) is 0 Å². The second kappa shape index (κ2) is 6.51. The van der Waals surface area contributed by atoms with Crippen LogP contribution >= 0.6 is 11.6 Å². The number of rotatable bonds is 4. The topological polar surface area (TPSA) is 59.3 Å². The van der Waals surface area contributed by atoms with E-state index >= 15 is 0 Å². The summed E-state index contributed by atoms with van der Waals surface area (Å²) in [4.78, 5) is 0. The largest absolute Gasteiger partial charge is 0.508 e. The Bertz CT molecular complexity index is 714. The number of nitrogens with zero attached hydrogens (tertiary/aromatic N) is 2. The molecule has 124 valence electrons. The zero-order valence-corrected chi connectivity index (χ0v) is 14.4. The number of ether oxygens (including phenoxy) is 1. The molecule has 1 aliphatic rings. The van der Waals surface area contributed by atoms with Gasteiger partial charge in [-0.1, -0.05) is 11.6 Å². The number of aryl methyl sites for hydroxylation is 2. The van der Waals surface area contributed by atoms with Crippen molar-refractivity contribution in [1.82, 2.24) is 15.1 Å². The van der Waals surface area contributed by atoms with Gasteiger partial charge in [0, 0.05) is 42.5 Å². The molecule has 2 aromatic rings. The SMILES string of the molecule is Cc1nn(C)c(C)c1[C@@H]1OCC[C@H]1NCc1cc(O)ccc1Cl. The number of hydrogen-bond donors (Lipinski definition) is 2. The average Bonchev–Trinajstić information content (AvgIpc) is 3.05. The molecule has 0 bridgehead atoms. The molecule has 23 heavy (non-hydrogen) atoms. The Labute approximate surface area is 141 Å². The highest BCUT2D eigenvalue weighted by Crippen LogP contribution is 2.33. The normalized spacial score (nSPS) is 21.0. The summed E-state index contributed by atoms with van der Waals surface area (Å²) in [5, 5.41) is 18.3. The molecule has 2 heterocycles. The van der Waals surface area contributed by atoms with Crippen LogP contribution < -0.4 is 5.32 Å². The summed E-state index contributed by atoms with van der Waals surface area (Å²) in [7, 11) is 1.95. The second-order valence-electron chi connectivity index (χ2n) is 6.05. The van der Waals surface area contributed by atoms with Gasteiger partial charge in [-0.15, -0.1) is 0 Å². The first-order valence-electron chi connectivity index (χ1n) is 7.80. The molecule has 1 aliphatic heterocycles. The maximum Gasteiger partial charge on any atom is 0.116 e. The van der Waals surface area contributed by atoms with Crippen molar-refractivity contribution in [2.45, 2.75) is 39.0 Å². The summed E-state index contributed by atoms with van der Waals surface area (Å²) in [5.41, 5.74) is 4.21.